The van der Waals surface area contributed by atoms with Crippen LogP contribution in [0.25, 0.3) is 98.5 Å². The van der Waals surface area contributed by atoms with Gasteiger partial charge < -0.3 is 13.7 Å². The summed E-state index contributed by atoms with van der Waals surface area (Å²) in [5.41, 5.74) is 12.6. The predicted octanol–water partition coefficient (Wildman–Crippen LogP) is 13.1. The largest absolute Gasteiger partial charge is 0.311 e. The molecule has 0 aliphatic carbocycles. The average Bonchev–Trinajstić information content (AvgIpc) is 3.89. The zero-order chi connectivity index (χ0) is 36.6. The van der Waals surface area contributed by atoms with E-state index in [-0.39, 0.29) is 0 Å². The maximum atomic E-state index is 10.6. The molecule has 0 saturated carbocycles. The Bertz CT molecular complexity index is 3420. The highest BCUT2D eigenvalue weighted by atomic mass is 15.0. The lowest BCUT2D eigenvalue weighted by molar-refractivity contribution is 1.16. The molecule has 0 atom stereocenters. The summed E-state index contributed by atoms with van der Waals surface area (Å²) in [7, 11) is 0. The summed E-state index contributed by atoms with van der Waals surface area (Å²) in [5, 5.41) is 17.3. The van der Waals surface area contributed by atoms with E-state index in [0.29, 0.717) is 11.3 Å². The van der Waals surface area contributed by atoms with E-state index in [4.69, 9.17) is 6.57 Å². The fourth-order valence-electron chi connectivity index (χ4n) is 8.82. The Kier molecular flexibility index (Phi) is 6.61. The van der Waals surface area contributed by atoms with E-state index >= 15 is 0 Å². The number of aromatic nitrogens is 3. The molecule has 0 aliphatic heterocycles. The molecule has 0 spiro atoms. The highest BCUT2D eigenvalue weighted by molar-refractivity contribution is 6.17. The summed E-state index contributed by atoms with van der Waals surface area (Å²) >= 11 is 0. The topological polar surface area (TPSA) is 42.9 Å². The summed E-state index contributed by atoms with van der Waals surface area (Å²) in [6.45, 7) is 7.88. The van der Waals surface area contributed by atoms with Crippen LogP contribution in [0.3, 0.4) is 0 Å². The quantitative estimate of drug-likeness (QED) is 0.169. The number of nitriles is 1. The second-order valence-corrected chi connectivity index (χ2v) is 13.9. The van der Waals surface area contributed by atoms with Gasteiger partial charge in [0.05, 0.1) is 51.1 Å². The highest BCUT2D eigenvalue weighted by Crippen LogP contribution is 2.42. The Morgan fingerprint density at radius 1 is 0.418 bits per heavy atom. The normalized spacial score (nSPS) is 11.6. The van der Waals surface area contributed by atoms with Crippen LogP contribution in [0, 0.1) is 17.9 Å². The van der Waals surface area contributed by atoms with Gasteiger partial charge in [0.2, 0.25) is 0 Å². The zero-order valence-corrected chi connectivity index (χ0v) is 29.5. The molecule has 0 fully saturated rings. The minimum atomic E-state index is 0.596. The van der Waals surface area contributed by atoms with E-state index < -0.39 is 0 Å². The number of rotatable bonds is 4. The molecule has 3 heterocycles. The summed E-state index contributed by atoms with van der Waals surface area (Å²) in [4.78, 5) is 3.87. The van der Waals surface area contributed by atoms with Gasteiger partial charge in [0.15, 0.2) is 5.69 Å². The van der Waals surface area contributed by atoms with Crippen LogP contribution in [0.4, 0.5) is 5.69 Å². The van der Waals surface area contributed by atoms with Crippen LogP contribution < -0.4 is 0 Å². The molecule has 5 heteroatoms. The van der Waals surface area contributed by atoms with Crippen LogP contribution in [-0.2, 0) is 0 Å². The maximum absolute atomic E-state index is 10.6. The van der Waals surface area contributed by atoms with Crippen molar-refractivity contribution < 1.29 is 0 Å². The van der Waals surface area contributed by atoms with Crippen molar-refractivity contribution in [2.24, 2.45) is 0 Å². The summed E-state index contributed by atoms with van der Waals surface area (Å²) in [6.07, 6.45) is 0. The Morgan fingerprint density at radius 3 is 1.60 bits per heavy atom. The molecule has 11 aromatic rings. The van der Waals surface area contributed by atoms with E-state index in [1.807, 2.05) is 36.4 Å². The average molecular weight is 700 g/mol. The van der Waals surface area contributed by atoms with E-state index in [0.717, 1.165) is 82.8 Å². The van der Waals surface area contributed by atoms with Gasteiger partial charge in [0.25, 0.3) is 0 Å². The number of hydrogen-bond donors (Lipinski definition) is 0. The van der Waals surface area contributed by atoms with E-state index in [1.165, 1.54) is 10.8 Å². The molecule has 8 aromatic carbocycles. The Balaban J connectivity index is 1.14. The van der Waals surface area contributed by atoms with E-state index in [1.54, 1.807) is 0 Å². The second-order valence-electron chi connectivity index (χ2n) is 13.9. The first-order valence-electron chi connectivity index (χ1n) is 18.3. The van der Waals surface area contributed by atoms with Crippen LogP contribution in [-0.4, -0.2) is 13.7 Å². The molecule has 5 nitrogen and oxygen atoms in total. The van der Waals surface area contributed by atoms with Gasteiger partial charge in [0, 0.05) is 38.1 Å². The molecule has 3 aromatic heterocycles. The minimum absolute atomic E-state index is 0.596. The molecular formula is C50H29N5. The van der Waals surface area contributed by atoms with Crippen LogP contribution in [0.5, 0.6) is 0 Å². The van der Waals surface area contributed by atoms with Crippen molar-refractivity contribution in [2.75, 3.05) is 0 Å². The second kappa shape index (κ2) is 11.8. The van der Waals surface area contributed by atoms with Crippen molar-refractivity contribution in [2.45, 2.75) is 0 Å². The van der Waals surface area contributed by atoms with Gasteiger partial charge in [-0.05, 0) is 83.2 Å². The molecule has 0 N–H and O–H groups in total. The van der Waals surface area contributed by atoms with Gasteiger partial charge in [-0.3, -0.25) is 0 Å². The van der Waals surface area contributed by atoms with Crippen molar-refractivity contribution >= 4 is 71.1 Å². The smallest absolute Gasteiger partial charge is 0.197 e. The SMILES string of the molecule is [C-]#[N+]c1cccc2c1c1ccccc1n2-c1cccc(-c2ccc(C#N)c(-n3c4ccccc4c4c(-n5c6ccccc6c6ccccc65)cccc43)c2)c1. The standard InChI is InChI=1S/C50H29N5/c1-52-40-19-11-24-45-49(40)38-17-4-8-22-43(38)53(45)35-14-10-13-32(29-35)33-27-28-34(31-51)48(30-33)55-44-23-9-5-18-39(44)50-46(25-12-26-47(50)55)54-41-20-6-2-15-36(41)37-16-3-7-21-42(37)54/h2-30H. The third-order valence-corrected chi connectivity index (χ3v) is 11.1. The first kappa shape index (κ1) is 30.7. The predicted molar refractivity (Wildman–Crippen MR) is 226 cm³/mol. The highest BCUT2D eigenvalue weighted by Gasteiger charge is 2.21. The van der Waals surface area contributed by atoms with Crippen molar-refractivity contribution in [3.63, 3.8) is 0 Å². The summed E-state index contributed by atoms with van der Waals surface area (Å²) < 4.78 is 6.88. The number of fused-ring (bicyclic) bond motifs is 9. The Labute approximate surface area is 316 Å². The molecule has 0 radical (unpaired) electrons. The molecular weight excluding hydrogens is 671 g/mol. The van der Waals surface area contributed by atoms with Crippen LogP contribution >= 0.6 is 0 Å². The van der Waals surface area contributed by atoms with Crippen molar-refractivity contribution in [3.8, 4) is 34.3 Å². The molecule has 0 unspecified atom stereocenters. The molecule has 0 aliphatic rings. The van der Waals surface area contributed by atoms with Crippen LogP contribution in [0.15, 0.2) is 176 Å². The van der Waals surface area contributed by atoms with Gasteiger partial charge in [-0.1, -0.05) is 109 Å². The number of para-hydroxylation sites is 4. The first-order valence-corrected chi connectivity index (χ1v) is 18.3. The number of benzene rings is 8. The molecule has 11 rings (SSSR count). The fraction of sp³-hybridized carbons (Fsp3) is 0. The van der Waals surface area contributed by atoms with E-state index in [9.17, 15) is 5.26 Å². The maximum Gasteiger partial charge on any atom is 0.197 e. The lowest BCUT2D eigenvalue weighted by Crippen LogP contribution is -1.99. The van der Waals surface area contributed by atoms with Crippen LogP contribution in [0.1, 0.15) is 5.56 Å². The monoisotopic (exact) mass is 699 g/mol. The molecule has 0 saturated heterocycles. The molecule has 55 heavy (non-hydrogen) atoms. The van der Waals surface area contributed by atoms with Gasteiger partial charge in [-0.2, -0.15) is 5.26 Å². The Morgan fingerprint density at radius 2 is 0.927 bits per heavy atom. The van der Waals surface area contributed by atoms with Gasteiger partial charge in [-0.15, -0.1) is 0 Å². The fourth-order valence-corrected chi connectivity index (χ4v) is 8.82. The molecule has 0 bridgehead atoms. The minimum Gasteiger partial charge on any atom is -0.311 e. The molecule has 254 valence electrons. The van der Waals surface area contributed by atoms with Crippen LogP contribution in [0.2, 0.25) is 0 Å². The van der Waals surface area contributed by atoms with Gasteiger partial charge in [0.1, 0.15) is 6.07 Å². The van der Waals surface area contributed by atoms with Crippen molar-refractivity contribution in [1.29, 1.82) is 5.26 Å². The zero-order valence-electron chi connectivity index (χ0n) is 29.5. The van der Waals surface area contributed by atoms with Crippen molar-refractivity contribution in [3.05, 3.63) is 193 Å². The third-order valence-electron chi connectivity index (χ3n) is 11.1. The number of nitrogens with zero attached hydrogens (tertiary/aromatic N) is 5. The Hall–Kier alpha value is -7.86. The summed E-state index contributed by atoms with van der Waals surface area (Å²) in [6, 6.07) is 63.6. The van der Waals surface area contributed by atoms with E-state index in [2.05, 4.69) is 164 Å². The number of hydrogen-bond acceptors (Lipinski definition) is 1. The lowest BCUT2D eigenvalue weighted by Gasteiger charge is -2.14. The van der Waals surface area contributed by atoms with Gasteiger partial charge in [-0.25, -0.2) is 4.85 Å². The molecule has 0 amide bonds. The summed E-state index contributed by atoms with van der Waals surface area (Å²) in [5.74, 6) is 0. The lowest BCUT2D eigenvalue weighted by atomic mass is 10.0. The third kappa shape index (κ3) is 4.39. The van der Waals surface area contributed by atoms with Crippen molar-refractivity contribution in [1.82, 2.24) is 13.7 Å². The first-order chi connectivity index (χ1) is 27.2. The van der Waals surface area contributed by atoms with Gasteiger partial charge >= 0.3 is 0 Å².